The predicted octanol–water partition coefficient (Wildman–Crippen LogP) is 12.8. The molecule has 0 fully saturated rings. The van der Waals surface area contributed by atoms with Crippen molar-refractivity contribution in [1.29, 1.82) is 0 Å². The van der Waals surface area contributed by atoms with Crippen LogP contribution in [0, 0.1) is 12.1 Å². The van der Waals surface area contributed by atoms with E-state index in [0.717, 1.165) is 67.0 Å². The molecule has 0 amide bonds. The van der Waals surface area contributed by atoms with Gasteiger partial charge in [-0.1, -0.05) is 152 Å². The molecule has 2 aromatic heterocycles. The summed E-state index contributed by atoms with van der Waals surface area (Å²) in [5.74, 6) is 0. The van der Waals surface area contributed by atoms with E-state index in [1.165, 1.54) is 22.3 Å². The van der Waals surface area contributed by atoms with Crippen molar-refractivity contribution < 1.29 is 21.1 Å². The first kappa shape index (κ1) is 35.2. The summed E-state index contributed by atoms with van der Waals surface area (Å²) in [7, 11) is 0. The maximum Gasteiger partial charge on any atom is 2.00 e. The Hall–Kier alpha value is -6.47. The Bertz CT molecular complexity index is 2770. The molecule has 1 aliphatic rings. The maximum atomic E-state index is 4.96. The van der Waals surface area contributed by atoms with Gasteiger partial charge in [0.05, 0.1) is 0 Å². The van der Waals surface area contributed by atoms with Crippen molar-refractivity contribution in [3.63, 3.8) is 0 Å². The molecule has 3 heteroatoms. The predicted molar refractivity (Wildman–Crippen MR) is 224 cm³/mol. The summed E-state index contributed by atoms with van der Waals surface area (Å²) in [6.45, 7) is 0. The first-order valence-corrected chi connectivity index (χ1v) is 18.6. The second-order valence-corrected chi connectivity index (χ2v) is 14.0. The number of pyridine rings is 2. The van der Waals surface area contributed by atoms with Crippen LogP contribution in [-0.2, 0) is 26.5 Å². The number of nitrogens with zero attached hydrogens (tertiary/aromatic N) is 2. The number of fused-ring (bicyclic) bond motifs is 3. The Balaban J connectivity index is 0.00000410. The fourth-order valence-electron chi connectivity index (χ4n) is 8.28. The normalized spacial score (nSPS) is 12.3. The van der Waals surface area contributed by atoms with E-state index in [-0.39, 0.29) is 21.1 Å². The van der Waals surface area contributed by atoms with Gasteiger partial charge in [0, 0.05) is 17.8 Å². The molecule has 0 saturated carbocycles. The van der Waals surface area contributed by atoms with Crippen LogP contribution in [0.4, 0.5) is 0 Å². The third kappa shape index (κ3) is 6.13. The van der Waals surface area contributed by atoms with Gasteiger partial charge in [-0.15, -0.1) is 70.3 Å². The standard InChI is InChI=1S/C53H34N2.Pt/c1-4-15-37(16-5-1)40-27-29-54-51(35-40)42-21-14-22-45(32-42)53(49-25-12-10-23-47(49)48-24-11-13-26-50(48)53)46-33-43(39-19-8-3-9-20-39)31-44(34-46)52-36-41(28-30-55-52)38-17-6-2-7-18-38;/h1-31,33,35-36H;/q-2;+2. The van der Waals surface area contributed by atoms with Gasteiger partial charge in [0.1, 0.15) is 0 Å². The molecular formula is C53H34N2Pt. The number of aromatic nitrogens is 2. The summed E-state index contributed by atoms with van der Waals surface area (Å²) >= 11 is 0. The summed E-state index contributed by atoms with van der Waals surface area (Å²) in [6, 6.07) is 76.7. The molecule has 2 heterocycles. The molecule has 10 rings (SSSR count). The summed E-state index contributed by atoms with van der Waals surface area (Å²) < 4.78 is 0. The van der Waals surface area contributed by atoms with Crippen molar-refractivity contribution in [3.8, 4) is 67.0 Å². The molecule has 266 valence electrons. The Labute approximate surface area is 342 Å². The molecular weight excluding hydrogens is 860 g/mol. The number of rotatable bonds is 7. The minimum absolute atomic E-state index is 0. The maximum absolute atomic E-state index is 4.96. The molecule has 0 unspecified atom stereocenters. The van der Waals surface area contributed by atoms with Crippen molar-refractivity contribution in [2.45, 2.75) is 5.41 Å². The number of hydrogen-bond acceptors (Lipinski definition) is 2. The fraction of sp³-hybridized carbons (Fsp3) is 0.0189. The summed E-state index contributed by atoms with van der Waals surface area (Å²) in [5.41, 5.74) is 16.6. The van der Waals surface area contributed by atoms with Crippen LogP contribution < -0.4 is 0 Å². The van der Waals surface area contributed by atoms with E-state index in [0.29, 0.717) is 0 Å². The summed E-state index contributed by atoms with van der Waals surface area (Å²) in [6.07, 6.45) is 3.80. The zero-order valence-electron chi connectivity index (χ0n) is 30.3. The first-order chi connectivity index (χ1) is 27.3. The smallest absolute Gasteiger partial charge is 0.305 e. The van der Waals surface area contributed by atoms with Crippen LogP contribution in [0.25, 0.3) is 67.0 Å². The quantitative estimate of drug-likeness (QED) is 0.149. The monoisotopic (exact) mass is 893 g/mol. The molecule has 0 N–H and O–H groups in total. The van der Waals surface area contributed by atoms with Gasteiger partial charge in [0.15, 0.2) is 0 Å². The van der Waals surface area contributed by atoms with E-state index in [9.17, 15) is 0 Å². The first-order valence-electron chi connectivity index (χ1n) is 18.6. The molecule has 0 atom stereocenters. The van der Waals surface area contributed by atoms with Crippen LogP contribution >= 0.6 is 0 Å². The van der Waals surface area contributed by atoms with Gasteiger partial charge in [-0.3, -0.25) is 0 Å². The molecule has 0 aliphatic heterocycles. The van der Waals surface area contributed by atoms with Gasteiger partial charge in [-0.2, -0.15) is 0 Å². The van der Waals surface area contributed by atoms with Crippen LogP contribution in [0.1, 0.15) is 22.3 Å². The van der Waals surface area contributed by atoms with Crippen molar-refractivity contribution in [2.75, 3.05) is 0 Å². The average molecular weight is 894 g/mol. The number of benzene rings is 7. The summed E-state index contributed by atoms with van der Waals surface area (Å²) in [5, 5.41) is 0. The van der Waals surface area contributed by atoms with Gasteiger partial charge in [-0.25, -0.2) is 0 Å². The largest absolute Gasteiger partial charge is 2.00 e. The second kappa shape index (κ2) is 15.0. The fourth-order valence-corrected chi connectivity index (χ4v) is 8.28. The van der Waals surface area contributed by atoms with Crippen LogP contribution in [0.2, 0.25) is 0 Å². The van der Waals surface area contributed by atoms with Crippen LogP contribution in [-0.4, -0.2) is 9.97 Å². The SMILES string of the molecule is [Pt+2].[c-]1c(-c2cc(-c3ccccc3)ccn2)cccc1C1(c2[c-]c(-c3cc(-c4ccccc4)ccn3)cc(-c3ccccc3)c2)c2ccccc2-c2ccccc21. The molecule has 56 heavy (non-hydrogen) atoms. The molecule has 0 spiro atoms. The minimum Gasteiger partial charge on any atom is -0.305 e. The van der Waals surface area contributed by atoms with Crippen LogP contribution in [0.5, 0.6) is 0 Å². The average Bonchev–Trinajstić information content (AvgIpc) is 3.58. The molecule has 0 radical (unpaired) electrons. The van der Waals surface area contributed by atoms with Gasteiger partial charge < -0.3 is 9.97 Å². The van der Waals surface area contributed by atoms with Gasteiger partial charge >= 0.3 is 21.1 Å². The van der Waals surface area contributed by atoms with Gasteiger partial charge in [-0.05, 0) is 73.6 Å². The van der Waals surface area contributed by atoms with Crippen molar-refractivity contribution in [2.24, 2.45) is 0 Å². The minimum atomic E-state index is -0.739. The Morgan fingerprint density at radius 2 is 0.804 bits per heavy atom. The topological polar surface area (TPSA) is 25.8 Å². The second-order valence-electron chi connectivity index (χ2n) is 14.0. The van der Waals surface area contributed by atoms with Gasteiger partial charge in [0.2, 0.25) is 0 Å². The zero-order valence-corrected chi connectivity index (χ0v) is 32.6. The molecule has 0 saturated heterocycles. The zero-order chi connectivity index (χ0) is 36.6. The third-order valence-corrected chi connectivity index (χ3v) is 10.8. The molecule has 9 aromatic rings. The third-order valence-electron chi connectivity index (χ3n) is 10.8. The van der Waals surface area contributed by atoms with Crippen LogP contribution in [0.3, 0.4) is 0 Å². The van der Waals surface area contributed by atoms with Gasteiger partial charge in [0.25, 0.3) is 0 Å². The van der Waals surface area contributed by atoms with E-state index < -0.39 is 5.41 Å². The van der Waals surface area contributed by atoms with E-state index in [2.05, 4.69) is 194 Å². The van der Waals surface area contributed by atoms with E-state index in [1.54, 1.807) is 0 Å². The molecule has 7 aromatic carbocycles. The molecule has 0 bridgehead atoms. The molecule has 1 aliphatic carbocycles. The molecule has 2 nitrogen and oxygen atoms in total. The number of hydrogen-bond donors (Lipinski definition) is 0. The van der Waals surface area contributed by atoms with Crippen molar-refractivity contribution in [1.82, 2.24) is 9.97 Å². The van der Waals surface area contributed by atoms with Crippen molar-refractivity contribution in [3.05, 3.63) is 241 Å². The van der Waals surface area contributed by atoms with Crippen molar-refractivity contribution >= 4 is 0 Å². The van der Waals surface area contributed by atoms with E-state index in [1.807, 2.05) is 24.5 Å². The van der Waals surface area contributed by atoms with E-state index in [4.69, 9.17) is 9.97 Å². The van der Waals surface area contributed by atoms with E-state index >= 15 is 0 Å². The Morgan fingerprint density at radius 3 is 1.36 bits per heavy atom. The summed E-state index contributed by atoms with van der Waals surface area (Å²) in [4.78, 5) is 9.84. The Morgan fingerprint density at radius 1 is 0.339 bits per heavy atom. The Kier molecular flexibility index (Phi) is 9.43. The van der Waals surface area contributed by atoms with Crippen LogP contribution in [0.15, 0.2) is 207 Å².